The van der Waals surface area contributed by atoms with E-state index in [1.54, 1.807) is 0 Å². The Hall–Kier alpha value is -2.16. The summed E-state index contributed by atoms with van der Waals surface area (Å²) >= 11 is 0. The molecule has 1 N–H and O–H groups in total. The smallest absolute Gasteiger partial charge is 0.142 e. The molecule has 3 heteroatoms. The van der Waals surface area contributed by atoms with Crippen molar-refractivity contribution in [3.05, 3.63) is 53.6 Å². The molecule has 0 bridgehead atoms. The Labute approximate surface area is 126 Å². The molecule has 0 saturated heterocycles. The molecule has 0 atom stereocenters. The highest BCUT2D eigenvalue weighted by atomic mass is 16.5. The van der Waals surface area contributed by atoms with Crippen LogP contribution >= 0.6 is 0 Å². The van der Waals surface area contributed by atoms with Crippen molar-refractivity contribution in [2.45, 2.75) is 27.3 Å². The fourth-order valence-electron chi connectivity index (χ4n) is 2.20. The summed E-state index contributed by atoms with van der Waals surface area (Å²) in [6, 6.07) is 14.4. The summed E-state index contributed by atoms with van der Waals surface area (Å²) in [5.74, 6) is 1.71. The van der Waals surface area contributed by atoms with E-state index in [2.05, 4.69) is 36.5 Å². The Balaban J connectivity index is 2.14. The van der Waals surface area contributed by atoms with Crippen LogP contribution in [0.15, 0.2) is 42.5 Å². The standard InChI is InChI=1S/C18H23NO2/c1-4-20-16-9-10-18(21-5-2)17(12-16)19-13-15-8-6-7-14(3)11-15/h6-12,19H,4-5,13H2,1-3H3. The normalized spacial score (nSPS) is 10.2. The van der Waals surface area contributed by atoms with Gasteiger partial charge in [0, 0.05) is 12.6 Å². The molecule has 0 aromatic heterocycles. The monoisotopic (exact) mass is 285 g/mol. The van der Waals surface area contributed by atoms with Crippen LogP contribution in [0.2, 0.25) is 0 Å². The maximum Gasteiger partial charge on any atom is 0.142 e. The molecule has 2 rings (SSSR count). The highest BCUT2D eigenvalue weighted by molar-refractivity contribution is 5.60. The predicted molar refractivity (Wildman–Crippen MR) is 87.3 cm³/mol. The quantitative estimate of drug-likeness (QED) is 0.817. The molecule has 0 spiro atoms. The maximum absolute atomic E-state index is 5.66. The summed E-state index contributed by atoms with van der Waals surface area (Å²) in [4.78, 5) is 0. The second-order valence-corrected chi connectivity index (χ2v) is 4.87. The van der Waals surface area contributed by atoms with Gasteiger partial charge in [-0.25, -0.2) is 0 Å². The van der Waals surface area contributed by atoms with Gasteiger partial charge in [0.25, 0.3) is 0 Å². The SMILES string of the molecule is CCOc1ccc(OCC)c(NCc2cccc(C)c2)c1. The summed E-state index contributed by atoms with van der Waals surface area (Å²) in [6.07, 6.45) is 0. The fraction of sp³-hybridized carbons (Fsp3) is 0.333. The molecule has 0 aliphatic rings. The van der Waals surface area contributed by atoms with E-state index in [0.717, 1.165) is 23.7 Å². The van der Waals surface area contributed by atoms with Gasteiger partial charge in [0.1, 0.15) is 11.5 Å². The molecule has 0 amide bonds. The zero-order valence-electron chi connectivity index (χ0n) is 13.0. The minimum absolute atomic E-state index is 0.646. The number of benzene rings is 2. The third-order valence-corrected chi connectivity index (χ3v) is 3.13. The van der Waals surface area contributed by atoms with E-state index in [0.29, 0.717) is 13.2 Å². The summed E-state index contributed by atoms with van der Waals surface area (Å²) in [7, 11) is 0. The number of hydrogen-bond acceptors (Lipinski definition) is 3. The minimum Gasteiger partial charge on any atom is -0.494 e. The first-order chi connectivity index (χ1) is 10.2. The van der Waals surface area contributed by atoms with E-state index in [1.165, 1.54) is 11.1 Å². The topological polar surface area (TPSA) is 30.5 Å². The molecule has 0 aliphatic carbocycles. The van der Waals surface area contributed by atoms with Crippen molar-refractivity contribution in [3.8, 4) is 11.5 Å². The predicted octanol–water partition coefficient (Wildman–Crippen LogP) is 4.40. The van der Waals surface area contributed by atoms with Crippen molar-refractivity contribution in [1.29, 1.82) is 0 Å². The number of anilines is 1. The molecule has 0 aliphatic heterocycles. The van der Waals surface area contributed by atoms with Crippen molar-refractivity contribution in [3.63, 3.8) is 0 Å². The van der Waals surface area contributed by atoms with Crippen LogP contribution in [0.3, 0.4) is 0 Å². The molecule has 21 heavy (non-hydrogen) atoms. The first kappa shape index (κ1) is 15.2. The lowest BCUT2D eigenvalue weighted by atomic mass is 10.1. The third kappa shape index (κ3) is 4.42. The minimum atomic E-state index is 0.646. The Morgan fingerprint density at radius 1 is 0.952 bits per heavy atom. The molecule has 3 nitrogen and oxygen atoms in total. The molecular weight excluding hydrogens is 262 g/mol. The van der Waals surface area contributed by atoms with Crippen molar-refractivity contribution < 1.29 is 9.47 Å². The Bertz CT molecular complexity index is 581. The maximum atomic E-state index is 5.66. The van der Waals surface area contributed by atoms with Gasteiger partial charge in [0.2, 0.25) is 0 Å². The van der Waals surface area contributed by atoms with Crippen molar-refractivity contribution in [2.24, 2.45) is 0 Å². The first-order valence-electron chi connectivity index (χ1n) is 7.42. The van der Waals surface area contributed by atoms with Crippen LogP contribution in [0.5, 0.6) is 11.5 Å². The zero-order chi connectivity index (χ0) is 15.1. The van der Waals surface area contributed by atoms with Gasteiger partial charge in [-0.1, -0.05) is 29.8 Å². The van der Waals surface area contributed by atoms with Crippen molar-refractivity contribution in [1.82, 2.24) is 0 Å². The number of hydrogen-bond donors (Lipinski definition) is 1. The van der Waals surface area contributed by atoms with Crippen LogP contribution in [-0.4, -0.2) is 13.2 Å². The summed E-state index contributed by atoms with van der Waals surface area (Å²) < 4.78 is 11.2. The van der Waals surface area contributed by atoms with E-state index < -0.39 is 0 Å². The lowest BCUT2D eigenvalue weighted by molar-refractivity contribution is 0.332. The van der Waals surface area contributed by atoms with Crippen molar-refractivity contribution >= 4 is 5.69 Å². The van der Waals surface area contributed by atoms with Gasteiger partial charge in [0.15, 0.2) is 0 Å². The molecule has 2 aromatic rings. The van der Waals surface area contributed by atoms with Crippen LogP contribution < -0.4 is 14.8 Å². The number of ether oxygens (including phenoxy) is 2. The van der Waals surface area contributed by atoms with Gasteiger partial charge in [-0.3, -0.25) is 0 Å². The molecule has 0 unspecified atom stereocenters. The van der Waals surface area contributed by atoms with Gasteiger partial charge >= 0.3 is 0 Å². The lowest BCUT2D eigenvalue weighted by Crippen LogP contribution is -2.03. The Morgan fingerprint density at radius 3 is 2.48 bits per heavy atom. The van der Waals surface area contributed by atoms with E-state index in [1.807, 2.05) is 32.0 Å². The molecular formula is C18H23NO2. The summed E-state index contributed by atoms with van der Waals surface area (Å²) in [5, 5.41) is 3.44. The lowest BCUT2D eigenvalue weighted by Gasteiger charge is -2.14. The second kappa shape index (κ2) is 7.58. The third-order valence-electron chi connectivity index (χ3n) is 3.13. The van der Waals surface area contributed by atoms with Gasteiger partial charge in [-0.2, -0.15) is 0 Å². The zero-order valence-corrected chi connectivity index (χ0v) is 13.0. The van der Waals surface area contributed by atoms with Crippen LogP contribution in [-0.2, 0) is 6.54 Å². The largest absolute Gasteiger partial charge is 0.494 e. The molecule has 0 fully saturated rings. The van der Waals surface area contributed by atoms with E-state index in [4.69, 9.17) is 9.47 Å². The number of nitrogens with one attached hydrogen (secondary N) is 1. The highest BCUT2D eigenvalue weighted by Gasteiger charge is 2.06. The van der Waals surface area contributed by atoms with Gasteiger partial charge < -0.3 is 14.8 Å². The van der Waals surface area contributed by atoms with Crippen LogP contribution in [0, 0.1) is 6.92 Å². The van der Waals surface area contributed by atoms with Gasteiger partial charge in [-0.05, 0) is 38.5 Å². The second-order valence-electron chi connectivity index (χ2n) is 4.87. The Kier molecular flexibility index (Phi) is 5.50. The molecule has 0 radical (unpaired) electrons. The van der Waals surface area contributed by atoms with Gasteiger partial charge in [0.05, 0.1) is 18.9 Å². The highest BCUT2D eigenvalue weighted by Crippen LogP contribution is 2.29. The molecule has 0 heterocycles. The number of aryl methyl sites for hydroxylation is 1. The van der Waals surface area contributed by atoms with Crippen LogP contribution in [0.25, 0.3) is 0 Å². The summed E-state index contributed by atoms with van der Waals surface area (Å²) in [6.45, 7) is 8.14. The summed E-state index contributed by atoms with van der Waals surface area (Å²) in [5.41, 5.74) is 3.48. The number of rotatable bonds is 7. The van der Waals surface area contributed by atoms with Gasteiger partial charge in [-0.15, -0.1) is 0 Å². The molecule has 2 aromatic carbocycles. The average molecular weight is 285 g/mol. The van der Waals surface area contributed by atoms with Crippen molar-refractivity contribution in [2.75, 3.05) is 18.5 Å². The first-order valence-corrected chi connectivity index (χ1v) is 7.42. The average Bonchev–Trinajstić information content (AvgIpc) is 2.48. The van der Waals surface area contributed by atoms with Crippen LogP contribution in [0.4, 0.5) is 5.69 Å². The fourth-order valence-corrected chi connectivity index (χ4v) is 2.20. The van der Waals surface area contributed by atoms with E-state index in [9.17, 15) is 0 Å². The molecule has 112 valence electrons. The Morgan fingerprint density at radius 2 is 1.76 bits per heavy atom. The van der Waals surface area contributed by atoms with Crippen LogP contribution in [0.1, 0.15) is 25.0 Å². The van der Waals surface area contributed by atoms with E-state index >= 15 is 0 Å². The van der Waals surface area contributed by atoms with E-state index in [-0.39, 0.29) is 0 Å². The molecule has 0 saturated carbocycles.